The summed E-state index contributed by atoms with van der Waals surface area (Å²) in [5, 5.41) is 3.45. The first-order valence-corrected chi connectivity index (χ1v) is 4.39. The van der Waals surface area contributed by atoms with Crippen molar-refractivity contribution < 1.29 is 0 Å². The second-order valence-electron chi connectivity index (χ2n) is 2.91. The third kappa shape index (κ3) is 6.33. The normalized spacial score (nSPS) is 9.40. The number of hydrogen-bond acceptors (Lipinski definition) is 3. The van der Waals surface area contributed by atoms with E-state index in [1.165, 1.54) is 5.56 Å². The topological polar surface area (TPSA) is 64.4 Å². The summed E-state index contributed by atoms with van der Waals surface area (Å²) < 4.78 is 0. The van der Waals surface area contributed by atoms with Crippen LogP contribution in [0, 0.1) is 0 Å². The first-order chi connectivity index (χ1) is 6.36. The summed E-state index contributed by atoms with van der Waals surface area (Å²) in [7, 11) is 0. The van der Waals surface area contributed by atoms with Crippen LogP contribution in [-0.2, 0) is 6.42 Å². The average Bonchev–Trinajstić information content (AvgIpc) is 2.17. The van der Waals surface area contributed by atoms with Crippen LogP contribution in [0.5, 0.6) is 0 Å². The Balaban J connectivity index is 0. The minimum absolute atomic E-state index is 0. The molecule has 0 spiro atoms. The zero-order valence-corrected chi connectivity index (χ0v) is 10.1. The van der Waals surface area contributed by atoms with Crippen molar-refractivity contribution in [1.82, 2.24) is 0 Å². The molecule has 0 aromatic heterocycles. The largest absolute Gasteiger partial charge is 0.330 e. The number of rotatable bonds is 4. The molecule has 0 heterocycles. The fourth-order valence-electron chi connectivity index (χ4n) is 1.16. The Morgan fingerprint density at radius 3 is 2.20 bits per heavy atom. The van der Waals surface area contributed by atoms with Crippen molar-refractivity contribution in [2.24, 2.45) is 16.7 Å². The zero-order chi connectivity index (χ0) is 9.52. The summed E-state index contributed by atoms with van der Waals surface area (Å²) in [5.74, 6) is 5.03. The minimum atomic E-state index is 0. The van der Waals surface area contributed by atoms with E-state index in [1.54, 1.807) is 6.21 Å². The molecule has 0 amide bonds. The van der Waals surface area contributed by atoms with Crippen LogP contribution < -0.4 is 11.6 Å². The number of halogens is 2. The number of aryl methyl sites for hydroxylation is 1. The first-order valence-electron chi connectivity index (χ1n) is 4.39. The third-order valence-electron chi connectivity index (χ3n) is 1.87. The number of benzene rings is 1. The SMILES string of the molecule is Cl.Cl.NCCCc1ccc(/C=N/N)cc1. The second kappa shape index (κ2) is 9.77. The molecular weight excluding hydrogens is 233 g/mol. The van der Waals surface area contributed by atoms with E-state index >= 15 is 0 Å². The van der Waals surface area contributed by atoms with Gasteiger partial charge in [0.2, 0.25) is 0 Å². The van der Waals surface area contributed by atoms with E-state index in [-0.39, 0.29) is 24.8 Å². The van der Waals surface area contributed by atoms with Crippen LogP contribution in [0.25, 0.3) is 0 Å². The third-order valence-corrected chi connectivity index (χ3v) is 1.87. The van der Waals surface area contributed by atoms with Gasteiger partial charge in [-0.1, -0.05) is 24.3 Å². The molecular formula is C10H17Cl2N3. The summed E-state index contributed by atoms with van der Waals surface area (Å²) >= 11 is 0. The summed E-state index contributed by atoms with van der Waals surface area (Å²) in [6.45, 7) is 0.742. The molecule has 0 saturated heterocycles. The lowest BCUT2D eigenvalue weighted by Crippen LogP contribution is -2.00. The van der Waals surface area contributed by atoms with Gasteiger partial charge in [-0.2, -0.15) is 5.10 Å². The van der Waals surface area contributed by atoms with Gasteiger partial charge < -0.3 is 11.6 Å². The van der Waals surface area contributed by atoms with E-state index < -0.39 is 0 Å². The lowest BCUT2D eigenvalue weighted by atomic mass is 10.1. The molecule has 1 aromatic carbocycles. The van der Waals surface area contributed by atoms with Gasteiger partial charge in [0, 0.05) is 0 Å². The van der Waals surface area contributed by atoms with Crippen molar-refractivity contribution >= 4 is 31.0 Å². The predicted molar refractivity (Wildman–Crippen MR) is 70.1 cm³/mol. The number of hydrogen-bond donors (Lipinski definition) is 2. The second-order valence-corrected chi connectivity index (χ2v) is 2.91. The lowest BCUT2D eigenvalue weighted by molar-refractivity contribution is 0.832. The zero-order valence-electron chi connectivity index (χ0n) is 8.43. The van der Waals surface area contributed by atoms with E-state index in [1.807, 2.05) is 12.1 Å². The number of hydrazone groups is 1. The minimum Gasteiger partial charge on any atom is -0.330 e. The maximum absolute atomic E-state index is 5.42. The standard InChI is InChI=1S/C10H15N3.2ClH/c11-7-1-2-9-3-5-10(6-4-9)8-13-12;;/h3-6,8H,1-2,7,11-12H2;2*1H/b13-8+;;. The molecule has 0 aliphatic rings. The summed E-state index contributed by atoms with van der Waals surface area (Å²) in [5.41, 5.74) is 7.75. The molecule has 0 saturated carbocycles. The van der Waals surface area contributed by atoms with Gasteiger partial charge in [0.15, 0.2) is 0 Å². The smallest absolute Gasteiger partial charge is 0.0538 e. The van der Waals surface area contributed by atoms with E-state index in [9.17, 15) is 0 Å². The van der Waals surface area contributed by atoms with Gasteiger partial charge in [0.1, 0.15) is 0 Å². The average molecular weight is 250 g/mol. The van der Waals surface area contributed by atoms with Gasteiger partial charge in [-0.3, -0.25) is 0 Å². The van der Waals surface area contributed by atoms with Crippen LogP contribution in [0.1, 0.15) is 17.5 Å². The molecule has 0 aliphatic heterocycles. The summed E-state index contributed by atoms with van der Waals surface area (Å²) in [6.07, 6.45) is 3.70. The van der Waals surface area contributed by atoms with E-state index in [0.29, 0.717) is 0 Å². The highest BCUT2D eigenvalue weighted by molar-refractivity contribution is 5.85. The van der Waals surface area contributed by atoms with Gasteiger partial charge in [-0.25, -0.2) is 0 Å². The van der Waals surface area contributed by atoms with Crippen molar-refractivity contribution in [3.8, 4) is 0 Å². The maximum atomic E-state index is 5.42. The van der Waals surface area contributed by atoms with Crippen molar-refractivity contribution in [1.29, 1.82) is 0 Å². The molecule has 1 aromatic rings. The van der Waals surface area contributed by atoms with Gasteiger partial charge in [-0.15, -0.1) is 24.8 Å². The van der Waals surface area contributed by atoms with Crippen molar-refractivity contribution in [3.63, 3.8) is 0 Å². The molecule has 0 bridgehead atoms. The van der Waals surface area contributed by atoms with Crippen LogP contribution in [0.3, 0.4) is 0 Å². The number of nitrogens with two attached hydrogens (primary N) is 2. The Morgan fingerprint density at radius 2 is 1.73 bits per heavy atom. The highest BCUT2D eigenvalue weighted by atomic mass is 35.5. The summed E-state index contributed by atoms with van der Waals surface area (Å²) in [4.78, 5) is 0. The highest BCUT2D eigenvalue weighted by Gasteiger charge is 1.92. The van der Waals surface area contributed by atoms with Crippen LogP contribution in [0.15, 0.2) is 29.4 Å². The molecule has 0 atom stereocenters. The maximum Gasteiger partial charge on any atom is 0.0538 e. The van der Waals surface area contributed by atoms with Gasteiger partial charge in [0.25, 0.3) is 0 Å². The molecule has 5 heteroatoms. The Morgan fingerprint density at radius 1 is 1.13 bits per heavy atom. The Bertz CT molecular complexity index is 273. The van der Waals surface area contributed by atoms with Crippen LogP contribution in [-0.4, -0.2) is 12.8 Å². The molecule has 0 fully saturated rings. The number of nitrogens with zero attached hydrogens (tertiary/aromatic N) is 1. The Kier molecular flexibility index (Phi) is 10.8. The fourth-order valence-corrected chi connectivity index (χ4v) is 1.16. The molecule has 4 N–H and O–H groups in total. The molecule has 1 rings (SSSR count). The molecule has 0 unspecified atom stereocenters. The highest BCUT2D eigenvalue weighted by Crippen LogP contribution is 2.04. The molecule has 86 valence electrons. The van der Waals surface area contributed by atoms with Gasteiger partial charge in [-0.05, 0) is 30.5 Å². The van der Waals surface area contributed by atoms with Gasteiger partial charge >= 0.3 is 0 Å². The molecule has 15 heavy (non-hydrogen) atoms. The Labute approximate surface area is 103 Å². The molecule has 0 aliphatic carbocycles. The molecule has 0 radical (unpaired) electrons. The van der Waals surface area contributed by atoms with Crippen LogP contribution in [0.4, 0.5) is 0 Å². The quantitative estimate of drug-likeness (QED) is 0.485. The first kappa shape index (κ1) is 16.7. The van der Waals surface area contributed by atoms with Crippen molar-refractivity contribution in [3.05, 3.63) is 35.4 Å². The fraction of sp³-hybridized carbons (Fsp3) is 0.300. The van der Waals surface area contributed by atoms with Crippen molar-refractivity contribution in [2.45, 2.75) is 12.8 Å². The predicted octanol–water partition coefficient (Wildman–Crippen LogP) is 1.71. The van der Waals surface area contributed by atoms with E-state index in [4.69, 9.17) is 11.6 Å². The van der Waals surface area contributed by atoms with Crippen molar-refractivity contribution in [2.75, 3.05) is 6.54 Å². The molecule has 3 nitrogen and oxygen atoms in total. The lowest BCUT2D eigenvalue weighted by Gasteiger charge is -1.99. The van der Waals surface area contributed by atoms with E-state index in [2.05, 4.69) is 17.2 Å². The van der Waals surface area contributed by atoms with Crippen LogP contribution in [0.2, 0.25) is 0 Å². The van der Waals surface area contributed by atoms with Crippen LogP contribution >= 0.6 is 24.8 Å². The summed E-state index contributed by atoms with van der Waals surface area (Å²) in [6, 6.07) is 8.16. The Hall–Kier alpha value is -0.770. The van der Waals surface area contributed by atoms with E-state index in [0.717, 1.165) is 24.9 Å². The van der Waals surface area contributed by atoms with Gasteiger partial charge in [0.05, 0.1) is 6.21 Å². The monoisotopic (exact) mass is 249 g/mol.